The van der Waals surface area contributed by atoms with Gasteiger partial charge in [-0.05, 0) is 92.3 Å². The van der Waals surface area contributed by atoms with Crippen molar-refractivity contribution in [3.05, 3.63) is 106 Å². The number of nitrogens with zero attached hydrogens (tertiary/aromatic N) is 3. The van der Waals surface area contributed by atoms with Gasteiger partial charge in [-0.2, -0.15) is 0 Å². The van der Waals surface area contributed by atoms with Crippen LogP contribution in [0.25, 0.3) is 5.69 Å². The first kappa shape index (κ1) is 25.4. The van der Waals surface area contributed by atoms with Gasteiger partial charge in [0.25, 0.3) is 0 Å². The average molecular weight is 597 g/mol. The number of rotatable bonds is 6. The fraction of sp³-hybridized carbons (Fsp3) is 0.185. The van der Waals surface area contributed by atoms with Gasteiger partial charge >= 0.3 is 0 Å². The van der Waals surface area contributed by atoms with Crippen molar-refractivity contribution in [2.45, 2.75) is 25.9 Å². The first-order valence-corrected chi connectivity index (χ1v) is 14.7. The highest BCUT2D eigenvalue weighted by Gasteiger charge is 2.42. The van der Waals surface area contributed by atoms with Crippen LogP contribution in [0, 0.1) is 13.8 Å². The van der Waals surface area contributed by atoms with Gasteiger partial charge < -0.3 is 14.8 Å². The van der Waals surface area contributed by atoms with Crippen LogP contribution < -0.4 is 14.9 Å². The Morgan fingerprint density at radius 1 is 1.00 bits per heavy atom. The molecule has 2 N–H and O–H groups in total. The molecule has 1 saturated heterocycles. The molecule has 0 bridgehead atoms. The van der Waals surface area contributed by atoms with Crippen LogP contribution in [0.15, 0.2) is 83.5 Å². The third-order valence-corrected chi connectivity index (χ3v) is 7.82. The van der Waals surface area contributed by atoms with E-state index < -0.39 is 10.0 Å². The van der Waals surface area contributed by atoms with Crippen LogP contribution in [-0.2, 0) is 10.0 Å². The maximum absolute atomic E-state index is 11.7. The van der Waals surface area contributed by atoms with Gasteiger partial charge in [-0.15, -0.1) is 0 Å². The first-order valence-electron chi connectivity index (χ1n) is 11.7. The zero-order valence-corrected chi connectivity index (χ0v) is 23.7. The van der Waals surface area contributed by atoms with Crippen molar-refractivity contribution in [1.82, 2.24) is 14.9 Å². The van der Waals surface area contributed by atoms with E-state index in [9.17, 15) is 8.42 Å². The van der Waals surface area contributed by atoms with Crippen molar-refractivity contribution in [3.63, 3.8) is 0 Å². The molecule has 5 rings (SSSR count). The maximum Gasteiger partial charge on any atom is 0.229 e. The smallest absolute Gasteiger partial charge is 0.229 e. The van der Waals surface area contributed by atoms with E-state index in [1.807, 2.05) is 42.5 Å². The van der Waals surface area contributed by atoms with E-state index in [1.165, 1.54) is 0 Å². The van der Waals surface area contributed by atoms with Crippen molar-refractivity contribution in [3.8, 4) is 5.69 Å². The lowest BCUT2D eigenvalue weighted by Gasteiger charge is -2.28. The zero-order valence-electron chi connectivity index (χ0n) is 20.5. The molecular formula is C27H26BrN5O2S2. The van der Waals surface area contributed by atoms with Crippen molar-refractivity contribution in [2.75, 3.05) is 15.9 Å². The molecular weight excluding hydrogens is 570 g/mol. The second-order valence-corrected chi connectivity index (χ2v) is 12.1. The van der Waals surface area contributed by atoms with Gasteiger partial charge in [0.15, 0.2) is 5.11 Å². The minimum absolute atomic E-state index is 0.178. The van der Waals surface area contributed by atoms with Gasteiger partial charge in [0.05, 0.1) is 24.0 Å². The van der Waals surface area contributed by atoms with E-state index in [2.05, 4.69) is 72.5 Å². The van der Waals surface area contributed by atoms with E-state index in [-0.39, 0.29) is 12.1 Å². The summed E-state index contributed by atoms with van der Waals surface area (Å²) in [5.41, 5.74) is 6.64. The molecule has 0 aliphatic carbocycles. The van der Waals surface area contributed by atoms with E-state index in [4.69, 9.17) is 12.2 Å². The van der Waals surface area contributed by atoms with Crippen molar-refractivity contribution in [1.29, 1.82) is 0 Å². The lowest BCUT2D eigenvalue weighted by Crippen LogP contribution is -2.29. The largest absolute Gasteiger partial charge is 0.351 e. The van der Waals surface area contributed by atoms with Crippen LogP contribution in [0.3, 0.4) is 0 Å². The molecule has 1 aliphatic rings. The lowest BCUT2D eigenvalue weighted by atomic mass is 9.96. The van der Waals surface area contributed by atoms with Crippen molar-refractivity contribution >= 4 is 54.7 Å². The summed E-state index contributed by atoms with van der Waals surface area (Å²) < 4.78 is 29.1. The molecule has 0 spiro atoms. The summed E-state index contributed by atoms with van der Waals surface area (Å²) in [6.07, 6.45) is 2.92. The van der Waals surface area contributed by atoms with E-state index in [1.54, 1.807) is 18.3 Å². The van der Waals surface area contributed by atoms with Crippen LogP contribution in [0.1, 0.15) is 34.7 Å². The second kappa shape index (κ2) is 9.92. The predicted molar refractivity (Wildman–Crippen MR) is 156 cm³/mol. The summed E-state index contributed by atoms with van der Waals surface area (Å²) >= 11 is 9.45. The SMILES string of the molecule is Cc1cc(C2C(c3ccccn3)NC(=S)N2c2ccc(NS(C)(=O)=O)cc2)c(C)n1-c1cccc(Br)c1. The van der Waals surface area contributed by atoms with Gasteiger partial charge in [0, 0.05) is 39.1 Å². The number of anilines is 2. The first-order chi connectivity index (χ1) is 17.6. The van der Waals surface area contributed by atoms with Crippen molar-refractivity contribution in [2.24, 2.45) is 0 Å². The predicted octanol–water partition coefficient (Wildman–Crippen LogP) is 5.80. The highest BCUT2D eigenvalue weighted by atomic mass is 79.9. The summed E-state index contributed by atoms with van der Waals surface area (Å²) in [5.74, 6) is 0. The molecule has 2 aromatic carbocycles. The average Bonchev–Trinajstić information content (AvgIpc) is 3.34. The van der Waals surface area contributed by atoms with E-state index in [0.29, 0.717) is 10.8 Å². The molecule has 7 nitrogen and oxygen atoms in total. The number of aryl methyl sites for hydroxylation is 1. The molecule has 1 aliphatic heterocycles. The summed E-state index contributed by atoms with van der Waals surface area (Å²) in [6, 6.07) is 23.2. The topological polar surface area (TPSA) is 79.3 Å². The van der Waals surface area contributed by atoms with E-state index >= 15 is 0 Å². The Morgan fingerprint density at radius 3 is 2.41 bits per heavy atom. The van der Waals surface area contributed by atoms with Gasteiger partial charge in [-0.25, -0.2) is 8.42 Å². The van der Waals surface area contributed by atoms with Crippen molar-refractivity contribution < 1.29 is 8.42 Å². The van der Waals surface area contributed by atoms with Crippen LogP contribution in [-0.4, -0.2) is 29.3 Å². The number of thiocarbonyl (C=S) groups is 1. The van der Waals surface area contributed by atoms with Crippen LogP contribution in [0.4, 0.5) is 11.4 Å². The molecule has 0 radical (unpaired) electrons. The molecule has 37 heavy (non-hydrogen) atoms. The summed E-state index contributed by atoms with van der Waals surface area (Å²) in [7, 11) is -3.37. The van der Waals surface area contributed by atoms with Gasteiger partial charge in [-0.3, -0.25) is 9.71 Å². The van der Waals surface area contributed by atoms with Crippen LogP contribution in [0.2, 0.25) is 0 Å². The number of benzene rings is 2. The molecule has 190 valence electrons. The van der Waals surface area contributed by atoms with Crippen LogP contribution >= 0.6 is 28.1 Å². The third kappa shape index (κ3) is 5.14. The molecule has 1 fully saturated rings. The minimum Gasteiger partial charge on any atom is -0.351 e. The Balaban J connectivity index is 1.63. The highest BCUT2D eigenvalue weighted by molar-refractivity contribution is 9.10. The fourth-order valence-electron chi connectivity index (χ4n) is 4.95. The van der Waals surface area contributed by atoms with Crippen LogP contribution in [0.5, 0.6) is 0 Å². The molecule has 2 atom stereocenters. The number of aromatic nitrogens is 2. The second-order valence-electron chi connectivity index (χ2n) is 9.06. The molecule has 2 aromatic heterocycles. The highest BCUT2D eigenvalue weighted by Crippen LogP contribution is 2.44. The number of sulfonamides is 1. The Labute approximate surface area is 230 Å². The number of hydrogen-bond donors (Lipinski definition) is 2. The molecule has 3 heterocycles. The van der Waals surface area contributed by atoms with Gasteiger partial charge in [0.2, 0.25) is 10.0 Å². The number of nitrogens with one attached hydrogen (secondary N) is 2. The number of halogens is 1. The Hall–Kier alpha value is -3.21. The Kier molecular flexibility index (Phi) is 6.82. The molecule has 2 unspecified atom stereocenters. The zero-order chi connectivity index (χ0) is 26.3. The summed E-state index contributed by atoms with van der Waals surface area (Å²) in [4.78, 5) is 6.73. The monoisotopic (exact) mass is 595 g/mol. The standard InChI is InChI=1S/C27H26BrN5O2S2/c1-17-15-23(18(2)32(17)22-8-6-7-19(28)16-22)26-25(24-9-4-5-14-29-24)30-27(36)33(26)21-12-10-20(11-13-21)31-37(3,34)35/h4-16,25-26,31H,1-3H3,(H,30,36). The normalized spacial score (nSPS) is 17.6. The van der Waals surface area contributed by atoms with E-state index in [0.717, 1.165) is 44.7 Å². The molecule has 4 aromatic rings. The number of hydrogen-bond acceptors (Lipinski definition) is 4. The molecule has 0 saturated carbocycles. The summed E-state index contributed by atoms with van der Waals surface area (Å²) in [5, 5.41) is 4.07. The fourth-order valence-corrected chi connectivity index (χ4v) is 6.25. The minimum atomic E-state index is -3.37. The lowest BCUT2D eigenvalue weighted by molar-refractivity contribution is 0.565. The number of pyridine rings is 1. The quantitative estimate of drug-likeness (QED) is 0.274. The third-order valence-electron chi connectivity index (χ3n) is 6.40. The maximum atomic E-state index is 11.7. The van der Waals surface area contributed by atoms with Gasteiger partial charge in [-0.1, -0.05) is 28.1 Å². The summed E-state index contributed by atoms with van der Waals surface area (Å²) in [6.45, 7) is 4.22. The molecule has 0 amide bonds. The molecule has 10 heteroatoms. The Bertz CT molecular complexity index is 1570. The van der Waals surface area contributed by atoms with Gasteiger partial charge in [0.1, 0.15) is 0 Å². The Morgan fingerprint density at radius 2 is 1.76 bits per heavy atom.